The molecule has 60 valence electrons. The molecule has 12 heavy (non-hydrogen) atoms. The van der Waals surface area contributed by atoms with Gasteiger partial charge in [0.15, 0.2) is 11.5 Å². The molecule has 1 aliphatic heterocycles. The van der Waals surface area contributed by atoms with Gasteiger partial charge < -0.3 is 0 Å². The highest BCUT2D eigenvalue weighted by atomic mass is 19.2. The molecule has 0 aromatic rings. The molecule has 6 heteroatoms. The van der Waals surface area contributed by atoms with Crippen LogP contribution >= 0.6 is 0 Å². The van der Waals surface area contributed by atoms with Crippen LogP contribution in [0.4, 0.5) is 8.78 Å². The minimum atomic E-state index is -1.44. The Bertz CT molecular complexity index is 389. The first-order chi connectivity index (χ1) is 5.70. The smallest absolute Gasteiger partial charge is 0.219 e. The molecule has 0 saturated carbocycles. The van der Waals surface area contributed by atoms with Gasteiger partial charge in [-0.15, -0.1) is 10.2 Å². The van der Waals surface area contributed by atoms with Gasteiger partial charge in [0, 0.05) is 6.08 Å². The molecule has 2 aliphatic rings. The van der Waals surface area contributed by atoms with Crippen LogP contribution in [-0.2, 0) is 4.79 Å². The van der Waals surface area contributed by atoms with Gasteiger partial charge in [-0.2, -0.15) is 4.39 Å². The summed E-state index contributed by atoms with van der Waals surface area (Å²) in [4.78, 5) is 10.6. The van der Waals surface area contributed by atoms with Crippen LogP contribution in [0.25, 0.3) is 0 Å². The van der Waals surface area contributed by atoms with E-state index in [0.29, 0.717) is 0 Å². The number of rotatable bonds is 0. The number of hydrogen-bond donors (Lipinski definition) is 0. The van der Waals surface area contributed by atoms with E-state index in [-0.39, 0.29) is 11.4 Å². The predicted octanol–water partition coefficient (Wildman–Crippen LogP) is 1.43. The lowest BCUT2D eigenvalue weighted by Crippen LogP contribution is -2.12. The molecule has 0 radical (unpaired) electrons. The van der Waals surface area contributed by atoms with Crippen LogP contribution in [0.2, 0.25) is 0 Å². The van der Waals surface area contributed by atoms with Crippen LogP contribution in [0.1, 0.15) is 0 Å². The number of carbonyl (C=O) groups excluding carboxylic acids is 1. The number of ketones is 1. The maximum Gasteiger partial charge on any atom is 0.219 e. The summed E-state index contributed by atoms with van der Waals surface area (Å²) in [7, 11) is 0. The second kappa shape index (κ2) is 2.13. The van der Waals surface area contributed by atoms with Crippen molar-refractivity contribution < 1.29 is 13.6 Å². The largest absolute Gasteiger partial charge is 0.286 e. The van der Waals surface area contributed by atoms with Gasteiger partial charge in [-0.05, 0) is 5.22 Å². The van der Waals surface area contributed by atoms with Crippen molar-refractivity contribution in [2.24, 2.45) is 15.4 Å². The van der Waals surface area contributed by atoms with E-state index in [9.17, 15) is 13.6 Å². The van der Waals surface area contributed by atoms with Crippen LogP contribution in [0.5, 0.6) is 0 Å². The van der Waals surface area contributed by atoms with Gasteiger partial charge in [-0.25, -0.2) is 4.39 Å². The Kier molecular flexibility index (Phi) is 1.24. The van der Waals surface area contributed by atoms with E-state index in [1.165, 1.54) is 0 Å². The molecular weight excluding hydrogens is 168 g/mol. The number of carbonyl (C=O) groups is 1. The molecule has 0 atom stereocenters. The third-order valence-electron chi connectivity index (χ3n) is 1.42. The number of allylic oxidation sites excluding steroid dienone is 3. The van der Waals surface area contributed by atoms with Crippen molar-refractivity contribution in [2.45, 2.75) is 0 Å². The quantitative estimate of drug-likeness (QED) is 0.506. The highest BCUT2D eigenvalue weighted by Gasteiger charge is 2.30. The summed E-state index contributed by atoms with van der Waals surface area (Å²) in [6.45, 7) is 0. The van der Waals surface area contributed by atoms with Crippen LogP contribution < -0.4 is 0 Å². The van der Waals surface area contributed by atoms with Crippen LogP contribution in [0, 0.1) is 0 Å². The van der Waals surface area contributed by atoms with E-state index in [2.05, 4.69) is 15.4 Å². The molecule has 1 aliphatic carbocycles. The number of nitrogens with zero attached hydrogens (tertiary/aromatic N) is 3. The topological polar surface area (TPSA) is 54.1 Å². The Morgan fingerprint density at radius 2 is 2.00 bits per heavy atom. The van der Waals surface area contributed by atoms with Crippen molar-refractivity contribution >= 4 is 11.5 Å². The zero-order valence-electron chi connectivity index (χ0n) is 5.58. The summed E-state index contributed by atoms with van der Waals surface area (Å²) in [6, 6.07) is 0. The van der Waals surface area contributed by atoms with Gasteiger partial charge >= 0.3 is 0 Å². The lowest BCUT2D eigenvalue weighted by molar-refractivity contribution is -0.112. The molecule has 4 nitrogen and oxygen atoms in total. The Balaban J connectivity index is 2.59. The first kappa shape index (κ1) is 6.96. The van der Waals surface area contributed by atoms with Crippen LogP contribution in [-0.4, -0.2) is 11.5 Å². The van der Waals surface area contributed by atoms with Gasteiger partial charge in [0.05, 0.1) is 0 Å². The van der Waals surface area contributed by atoms with E-state index in [4.69, 9.17) is 0 Å². The van der Waals surface area contributed by atoms with Crippen molar-refractivity contribution in [3.8, 4) is 0 Å². The van der Waals surface area contributed by atoms with Crippen molar-refractivity contribution in [1.82, 2.24) is 0 Å². The monoisotopic (exact) mass is 169 g/mol. The molecule has 2 rings (SSSR count). The molecule has 0 aromatic carbocycles. The molecule has 0 saturated heterocycles. The second-order valence-electron chi connectivity index (χ2n) is 2.16. The Labute approximate surface area is 65.0 Å². The lowest BCUT2D eigenvalue weighted by atomic mass is 10.1. The average Bonchev–Trinajstić information content (AvgIpc) is 2.48. The number of fused-ring (bicyclic) bond motifs is 1. The van der Waals surface area contributed by atoms with Gasteiger partial charge in [-0.1, -0.05) is 0 Å². The molecule has 0 bridgehead atoms. The highest BCUT2D eigenvalue weighted by molar-refractivity contribution is 6.23. The fourth-order valence-electron chi connectivity index (χ4n) is 0.867. The maximum atomic E-state index is 12.8. The summed E-state index contributed by atoms with van der Waals surface area (Å²) in [5.74, 6) is -3.77. The normalized spacial score (nSPS) is 21.0. The SMILES string of the molecule is O=C1C=C2N=NN=C2C(F)=C1F. The van der Waals surface area contributed by atoms with E-state index in [1.54, 1.807) is 0 Å². The standard InChI is InChI=1S/C6HF2N3O/c7-4-3(12)1-2-6(5(4)8)10-11-9-2/h1H. The van der Waals surface area contributed by atoms with Gasteiger partial charge in [0.2, 0.25) is 11.6 Å². The van der Waals surface area contributed by atoms with Crippen molar-refractivity contribution in [3.05, 3.63) is 23.4 Å². The Morgan fingerprint density at radius 3 is 2.75 bits per heavy atom. The minimum Gasteiger partial charge on any atom is -0.286 e. The fourth-order valence-corrected chi connectivity index (χ4v) is 0.867. The van der Waals surface area contributed by atoms with E-state index < -0.39 is 17.4 Å². The summed E-state index contributed by atoms with van der Waals surface area (Å²) >= 11 is 0. The van der Waals surface area contributed by atoms with Crippen LogP contribution in [0.15, 0.2) is 38.9 Å². The van der Waals surface area contributed by atoms with Crippen molar-refractivity contribution in [1.29, 1.82) is 0 Å². The fraction of sp³-hybridized carbons (Fsp3) is 0. The van der Waals surface area contributed by atoms with Crippen molar-refractivity contribution in [3.63, 3.8) is 0 Å². The average molecular weight is 169 g/mol. The molecule has 0 amide bonds. The zero-order valence-corrected chi connectivity index (χ0v) is 5.58. The lowest BCUT2D eigenvalue weighted by Gasteiger charge is -2.03. The molecule has 0 fully saturated rings. The third-order valence-corrected chi connectivity index (χ3v) is 1.42. The Hall–Kier alpha value is -1.72. The first-order valence-corrected chi connectivity index (χ1v) is 3.01. The number of hydrogen-bond acceptors (Lipinski definition) is 4. The van der Waals surface area contributed by atoms with E-state index >= 15 is 0 Å². The molecule has 0 N–H and O–H groups in total. The first-order valence-electron chi connectivity index (χ1n) is 3.01. The molecule has 0 spiro atoms. The molecule has 1 heterocycles. The van der Waals surface area contributed by atoms with Gasteiger partial charge in [0.1, 0.15) is 5.70 Å². The Morgan fingerprint density at radius 1 is 1.25 bits per heavy atom. The predicted molar refractivity (Wildman–Crippen MR) is 34.6 cm³/mol. The molecule has 0 unspecified atom stereocenters. The summed E-state index contributed by atoms with van der Waals surface area (Å²) in [5, 5.41) is 9.62. The van der Waals surface area contributed by atoms with Gasteiger partial charge in [0.25, 0.3) is 0 Å². The highest BCUT2D eigenvalue weighted by Crippen LogP contribution is 2.26. The summed E-state index contributed by atoms with van der Waals surface area (Å²) in [6.07, 6.45) is 0.855. The number of halogens is 2. The summed E-state index contributed by atoms with van der Waals surface area (Å²) < 4.78 is 25.3. The minimum absolute atomic E-state index is 0.0288. The van der Waals surface area contributed by atoms with E-state index in [1.807, 2.05) is 0 Å². The van der Waals surface area contributed by atoms with Gasteiger partial charge in [-0.3, -0.25) is 4.79 Å². The second-order valence-corrected chi connectivity index (χ2v) is 2.16. The zero-order chi connectivity index (χ0) is 8.72. The maximum absolute atomic E-state index is 12.8. The summed E-state index contributed by atoms with van der Waals surface area (Å²) in [5.41, 5.74) is -0.342. The van der Waals surface area contributed by atoms with Crippen molar-refractivity contribution in [2.75, 3.05) is 0 Å². The van der Waals surface area contributed by atoms with Crippen LogP contribution in [0.3, 0.4) is 0 Å². The third kappa shape index (κ3) is 0.744. The molecule has 0 aromatic heterocycles. The molecular formula is C6HF2N3O. The van der Waals surface area contributed by atoms with E-state index in [0.717, 1.165) is 6.08 Å².